The van der Waals surface area contributed by atoms with Crippen molar-refractivity contribution in [1.29, 1.82) is 0 Å². The quantitative estimate of drug-likeness (QED) is 0.743. The van der Waals surface area contributed by atoms with Gasteiger partial charge in [0, 0.05) is 11.1 Å². The number of rotatable bonds is 1. The van der Waals surface area contributed by atoms with E-state index in [9.17, 15) is 18.0 Å². The van der Waals surface area contributed by atoms with Crippen molar-refractivity contribution >= 4 is 17.3 Å². The van der Waals surface area contributed by atoms with Gasteiger partial charge in [0.2, 0.25) is 0 Å². The highest BCUT2D eigenvalue weighted by Crippen LogP contribution is 2.34. The molecular weight excluding hydrogens is 293 g/mol. The van der Waals surface area contributed by atoms with Crippen molar-refractivity contribution in [1.82, 2.24) is 0 Å². The standard InChI is InChI=1S/C16H11F3N2O/c17-16(18,19)21-13-9-5-4-8-12(13)15(20-10-14(21)22)11-6-2-1-3-7-11/h1-9H,10H2. The number of halogens is 3. The monoisotopic (exact) mass is 304 g/mol. The summed E-state index contributed by atoms with van der Waals surface area (Å²) in [7, 11) is 0. The summed E-state index contributed by atoms with van der Waals surface area (Å²) in [5.74, 6) is -1.09. The Hall–Kier alpha value is -2.63. The Kier molecular flexibility index (Phi) is 3.44. The van der Waals surface area contributed by atoms with Crippen molar-refractivity contribution in [2.24, 2.45) is 4.99 Å². The van der Waals surface area contributed by atoms with Gasteiger partial charge in [0.15, 0.2) is 0 Å². The number of alkyl halides is 3. The van der Waals surface area contributed by atoms with Gasteiger partial charge in [-0.3, -0.25) is 9.79 Å². The first-order valence-corrected chi connectivity index (χ1v) is 6.57. The highest BCUT2D eigenvalue weighted by atomic mass is 19.4. The van der Waals surface area contributed by atoms with Crippen molar-refractivity contribution < 1.29 is 18.0 Å². The summed E-state index contributed by atoms with van der Waals surface area (Å²) in [5, 5.41) is 0. The number of benzene rings is 2. The molecular formula is C16H11F3N2O. The van der Waals surface area contributed by atoms with Crippen molar-refractivity contribution in [2.75, 3.05) is 11.4 Å². The first-order valence-electron chi connectivity index (χ1n) is 6.57. The lowest BCUT2D eigenvalue weighted by molar-refractivity contribution is -0.148. The lowest BCUT2D eigenvalue weighted by Crippen LogP contribution is -2.44. The Morgan fingerprint density at radius 1 is 0.955 bits per heavy atom. The molecule has 0 atom stereocenters. The smallest absolute Gasteiger partial charge is 0.274 e. The van der Waals surface area contributed by atoms with Gasteiger partial charge in [0.25, 0.3) is 5.91 Å². The SMILES string of the molecule is O=C1CN=C(c2ccccc2)c2ccccc2N1C(F)(F)F. The minimum atomic E-state index is -4.78. The van der Waals surface area contributed by atoms with Crippen molar-refractivity contribution in [3.05, 3.63) is 65.7 Å². The number of fused-ring (bicyclic) bond motifs is 1. The fourth-order valence-electron chi connectivity index (χ4n) is 2.43. The fourth-order valence-corrected chi connectivity index (χ4v) is 2.43. The summed E-state index contributed by atoms with van der Waals surface area (Å²) in [5.41, 5.74) is 1.15. The van der Waals surface area contributed by atoms with E-state index in [-0.39, 0.29) is 16.2 Å². The highest BCUT2D eigenvalue weighted by Gasteiger charge is 2.44. The Bertz CT molecular complexity index is 739. The molecule has 0 aromatic heterocycles. The van der Waals surface area contributed by atoms with Gasteiger partial charge < -0.3 is 0 Å². The second-order valence-corrected chi connectivity index (χ2v) is 4.74. The molecule has 3 nitrogen and oxygen atoms in total. The number of hydrogen-bond acceptors (Lipinski definition) is 2. The second kappa shape index (κ2) is 5.29. The number of aliphatic imine (C=N–C) groups is 1. The molecule has 22 heavy (non-hydrogen) atoms. The topological polar surface area (TPSA) is 32.7 Å². The summed E-state index contributed by atoms with van der Waals surface area (Å²) in [6.07, 6.45) is -4.78. The largest absolute Gasteiger partial charge is 0.491 e. The van der Waals surface area contributed by atoms with Crippen LogP contribution in [0.1, 0.15) is 11.1 Å². The molecule has 1 amide bonds. The van der Waals surface area contributed by atoms with Crippen LogP contribution in [-0.4, -0.2) is 24.5 Å². The Labute approximate surface area is 124 Å². The van der Waals surface area contributed by atoms with Crippen LogP contribution in [0.5, 0.6) is 0 Å². The van der Waals surface area contributed by atoms with E-state index in [2.05, 4.69) is 4.99 Å². The van der Waals surface area contributed by atoms with Gasteiger partial charge in [-0.2, -0.15) is 0 Å². The Morgan fingerprint density at radius 3 is 2.27 bits per heavy atom. The van der Waals surface area contributed by atoms with E-state index < -0.39 is 18.8 Å². The minimum Gasteiger partial charge on any atom is -0.274 e. The Balaban J connectivity index is 2.21. The maximum atomic E-state index is 13.2. The van der Waals surface area contributed by atoms with Crippen molar-refractivity contribution in [2.45, 2.75) is 6.30 Å². The van der Waals surface area contributed by atoms with E-state index in [1.54, 1.807) is 42.5 Å². The molecule has 0 bridgehead atoms. The molecule has 1 aliphatic heterocycles. The van der Waals surface area contributed by atoms with E-state index in [1.165, 1.54) is 12.1 Å². The molecule has 0 radical (unpaired) electrons. The van der Waals surface area contributed by atoms with Crippen LogP contribution < -0.4 is 4.90 Å². The number of nitrogens with zero attached hydrogens (tertiary/aromatic N) is 2. The number of hydrogen-bond donors (Lipinski definition) is 0. The van der Waals surface area contributed by atoms with Crippen LogP contribution >= 0.6 is 0 Å². The molecule has 112 valence electrons. The predicted molar refractivity (Wildman–Crippen MR) is 76.9 cm³/mol. The third-order valence-electron chi connectivity index (χ3n) is 3.32. The van der Waals surface area contributed by atoms with Crippen LogP contribution in [-0.2, 0) is 4.79 Å². The number of anilines is 1. The Morgan fingerprint density at radius 2 is 1.59 bits per heavy atom. The molecule has 0 saturated carbocycles. The lowest BCUT2D eigenvalue weighted by Gasteiger charge is -2.25. The number of carbonyl (C=O) groups excluding carboxylic acids is 1. The van der Waals surface area contributed by atoms with E-state index in [1.807, 2.05) is 0 Å². The van der Waals surface area contributed by atoms with Crippen LogP contribution in [0.4, 0.5) is 18.9 Å². The molecule has 2 aromatic rings. The zero-order valence-corrected chi connectivity index (χ0v) is 11.3. The molecule has 0 spiro atoms. The summed E-state index contributed by atoms with van der Waals surface area (Å²) >= 11 is 0. The third-order valence-corrected chi connectivity index (χ3v) is 3.32. The molecule has 1 aliphatic rings. The van der Waals surface area contributed by atoms with Crippen LogP contribution in [0.3, 0.4) is 0 Å². The maximum Gasteiger partial charge on any atom is 0.491 e. The summed E-state index contributed by atoms with van der Waals surface area (Å²) in [6, 6.07) is 14.8. The fraction of sp³-hybridized carbons (Fsp3) is 0.125. The molecule has 1 heterocycles. The van der Waals surface area contributed by atoms with Gasteiger partial charge in [0.05, 0.1) is 11.4 Å². The van der Waals surface area contributed by atoms with Gasteiger partial charge >= 0.3 is 6.30 Å². The zero-order valence-electron chi connectivity index (χ0n) is 11.3. The average Bonchev–Trinajstić information content (AvgIpc) is 2.63. The van der Waals surface area contributed by atoms with Crippen molar-refractivity contribution in [3.8, 4) is 0 Å². The average molecular weight is 304 g/mol. The van der Waals surface area contributed by atoms with Crippen LogP contribution in [0.25, 0.3) is 0 Å². The molecule has 6 heteroatoms. The highest BCUT2D eigenvalue weighted by molar-refractivity contribution is 6.19. The summed E-state index contributed by atoms with van der Waals surface area (Å²) in [6.45, 7) is -0.543. The number of carbonyl (C=O) groups is 1. The zero-order chi connectivity index (χ0) is 15.7. The molecule has 0 saturated heterocycles. The number of benzodiazepines with no additional fused rings is 1. The van der Waals surface area contributed by atoms with Gasteiger partial charge in [-0.25, -0.2) is 4.90 Å². The van der Waals surface area contributed by atoms with E-state index in [0.29, 0.717) is 11.3 Å². The third kappa shape index (κ3) is 2.47. The molecule has 0 unspecified atom stereocenters. The second-order valence-electron chi connectivity index (χ2n) is 4.74. The molecule has 2 aromatic carbocycles. The molecule has 3 rings (SSSR count). The van der Waals surface area contributed by atoms with E-state index >= 15 is 0 Å². The maximum absolute atomic E-state index is 13.2. The van der Waals surface area contributed by atoms with E-state index in [4.69, 9.17) is 0 Å². The van der Waals surface area contributed by atoms with Gasteiger partial charge in [-0.1, -0.05) is 48.5 Å². The summed E-state index contributed by atoms with van der Waals surface area (Å²) < 4.78 is 39.7. The van der Waals surface area contributed by atoms with E-state index in [0.717, 1.165) is 0 Å². The molecule has 0 N–H and O–H groups in total. The van der Waals surface area contributed by atoms with Crippen LogP contribution in [0.15, 0.2) is 59.6 Å². The van der Waals surface area contributed by atoms with Crippen molar-refractivity contribution in [3.63, 3.8) is 0 Å². The summed E-state index contributed by atoms with van der Waals surface area (Å²) in [4.78, 5) is 15.9. The normalized spacial score (nSPS) is 15.1. The van der Waals surface area contributed by atoms with Gasteiger partial charge in [-0.05, 0) is 6.07 Å². The molecule has 0 aliphatic carbocycles. The van der Waals surface area contributed by atoms with Crippen LogP contribution in [0, 0.1) is 0 Å². The first-order chi connectivity index (χ1) is 10.5. The molecule has 0 fully saturated rings. The predicted octanol–water partition coefficient (Wildman–Crippen LogP) is 3.39. The van der Waals surface area contributed by atoms with Gasteiger partial charge in [-0.15, -0.1) is 13.2 Å². The lowest BCUT2D eigenvalue weighted by atomic mass is 10.0. The number of para-hydroxylation sites is 1. The minimum absolute atomic E-state index is 0.137. The first kappa shape index (κ1) is 14.3. The van der Waals surface area contributed by atoms with Crippen LogP contribution in [0.2, 0.25) is 0 Å². The van der Waals surface area contributed by atoms with Gasteiger partial charge in [0.1, 0.15) is 6.54 Å². The number of amides is 1.